The summed E-state index contributed by atoms with van der Waals surface area (Å²) < 4.78 is 29.4. The van der Waals surface area contributed by atoms with Crippen molar-refractivity contribution in [2.75, 3.05) is 33.2 Å². The lowest BCUT2D eigenvalue weighted by atomic mass is 10.00. The van der Waals surface area contributed by atoms with Gasteiger partial charge in [-0.15, -0.1) is 0 Å². The van der Waals surface area contributed by atoms with Crippen molar-refractivity contribution >= 4 is 44.0 Å². The molecule has 1 amide bonds. The molecule has 208 valence electrons. The van der Waals surface area contributed by atoms with Crippen LogP contribution in [0.2, 0.25) is 0 Å². The number of benzene rings is 2. The van der Waals surface area contributed by atoms with Crippen LogP contribution in [-0.2, 0) is 21.4 Å². The van der Waals surface area contributed by atoms with E-state index < -0.39 is 15.3 Å². The normalized spacial score (nSPS) is 17.9. The first-order valence-electron chi connectivity index (χ1n) is 13.5. The van der Waals surface area contributed by atoms with Gasteiger partial charge in [0.05, 0.1) is 11.2 Å². The van der Waals surface area contributed by atoms with E-state index in [9.17, 15) is 13.2 Å². The molecule has 2 aliphatic rings. The minimum Gasteiger partial charge on any atom is -0.389 e. The van der Waals surface area contributed by atoms with Crippen LogP contribution in [0.5, 0.6) is 0 Å². The molecule has 8 nitrogen and oxygen atoms in total. The van der Waals surface area contributed by atoms with Crippen molar-refractivity contribution in [3.05, 3.63) is 59.8 Å². The topological polar surface area (TPSA) is 101 Å². The van der Waals surface area contributed by atoms with Crippen LogP contribution in [0.15, 0.2) is 48.7 Å². The molecule has 2 fully saturated rings. The minimum atomic E-state index is -3.27. The van der Waals surface area contributed by atoms with E-state index in [4.69, 9.17) is 18.0 Å². The zero-order valence-electron chi connectivity index (χ0n) is 22.8. The SMILES string of the molecule is CC(C)S(=O)(=O)N1CCC(n2cc(-c3cccc(C(N)=S)c3)c3ccc(CNC(=O)C4CN(C)C4)cc32)CC1. The van der Waals surface area contributed by atoms with Gasteiger partial charge in [0.25, 0.3) is 0 Å². The molecule has 3 N–H and O–H groups in total. The van der Waals surface area contributed by atoms with Crippen LogP contribution >= 0.6 is 12.2 Å². The molecule has 39 heavy (non-hydrogen) atoms. The summed E-state index contributed by atoms with van der Waals surface area (Å²) >= 11 is 5.22. The Labute approximate surface area is 236 Å². The number of rotatable bonds is 8. The largest absolute Gasteiger partial charge is 0.389 e. The molecular formula is C29H37N5O3S2. The van der Waals surface area contributed by atoms with Crippen molar-refractivity contribution in [1.29, 1.82) is 0 Å². The number of hydrogen-bond donors (Lipinski definition) is 2. The summed E-state index contributed by atoms with van der Waals surface area (Å²) in [5, 5.41) is 3.78. The fourth-order valence-corrected chi connectivity index (χ4v) is 7.09. The first-order valence-corrected chi connectivity index (χ1v) is 15.4. The number of likely N-dealkylation sites (tertiary alicyclic amines) is 1. The van der Waals surface area contributed by atoms with E-state index in [0.717, 1.165) is 59.1 Å². The molecule has 0 aliphatic carbocycles. The number of thiocarbonyl (C=S) groups is 1. The molecule has 5 rings (SSSR count). The van der Waals surface area contributed by atoms with Gasteiger partial charge in [0.2, 0.25) is 15.9 Å². The van der Waals surface area contributed by atoms with Crippen molar-refractivity contribution < 1.29 is 13.2 Å². The van der Waals surface area contributed by atoms with E-state index >= 15 is 0 Å². The third kappa shape index (κ3) is 5.61. The summed E-state index contributed by atoms with van der Waals surface area (Å²) in [5.41, 5.74) is 10.9. The molecule has 2 aromatic carbocycles. The van der Waals surface area contributed by atoms with Crippen molar-refractivity contribution in [3.8, 4) is 11.1 Å². The molecule has 0 spiro atoms. The van der Waals surface area contributed by atoms with Gasteiger partial charge in [-0.1, -0.05) is 42.5 Å². The monoisotopic (exact) mass is 567 g/mol. The quantitative estimate of drug-likeness (QED) is 0.404. The molecule has 0 saturated carbocycles. The molecule has 3 aromatic rings. The van der Waals surface area contributed by atoms with Gasteiger partial charge in [0.1, 0.15) is 4.99 Å². The number of carbonyl (C=O) groups excluding carboxylic acids is 1. The zero-order valence-corrected chi connectivity index (χ0v) is 24.4. The van der Waals surface area contributed by atoms with E-state index in [1.807, 2.05) is 25.2 Å². The van der Waals surface area contributed by atoms with Crippen LogP contribution < -0.4 is 11.1 Å². The summed E-state index contributed by atoms with van der Waals surface area (Å²) in [6, 6.07) is 14.4. The van der Waals surface area contributed by atoms with Gasteiger partial charge < -0.3 is 20.5 Å². The lowest BCUT2D eigenvalue weighted by Gasteiger charge is -2.34. The Bertz CT molecular complexity index is 1500. The predicted molar refractivity (Wildman–Crippen MR) is 160 cm³/mol. The van der Waals surface area contributed by atoms with Crippen LogP contribution in [0, 0.1) is 5.92 Å². The summed E-state index contributed by atoms with van der Waals surface area (Å²) in [7, 11) is -1.26. The van der Waals surface area contributed by atoms with E-state index in [0.29, 0.717) is 24.6 Å². The summed E-state index contributed by atoms with van der Waals surface area (Å²) in [4.78, 5) is 15.0. The van der Waals surface area contributed by atoms with Crippen molar-refractivity contribution in [3.63, 3.8) is 0 Å². The zero-order chi connectivity index (χ0) is 27.9. The number of aromatic nitrogens is 1. The fourth-order valence-electron chi connectivity index (χ4n) is 5.65. The van der Waals surface area contributed by atoms with Crippen LogP contribution in [0.1, 0.15) is 43.9 Å². The number of nitrogens with one attached hydrogen (secondary N) is 1. The number of nitrogens with zero attached hydrogens (tertiary/aromatic N) is 3. The molecule has 1 aromatic heterocycles. The van der Waals surface area contributed by atoms with Crippen LogP contribution in [0.4, 0.5) is 0 Å². The summed E-state index contributed by atoms with van der Waals surface area (Å²) in [5.74, 6) is 0.153. The molecule has 10 heteroatoms. The number of carbonyl (C=O) groups is 1. The van der Waals surface area contributed by atoms with Crippen LogP contribution in [-0.4, -0.2) is 71.6 Å². The van der Waals surface area contributed by atoms with Gasteiger partial charge in [0, 0.05) is 67.0 Å². The molecule has 0 bridgehead atoms. The van der Waals surface area contributed by atoms with E-state index in [-0.39, 0.29) is 17.9 Å². The lowest BCUT2D eigenvalue weighted by molar-refractivity contribution is -0.129. The van der Waals surface area contributed by atoms with E-state index in [1.54, 1.807) is 18.2 Å². The van der Waals surface area contributed by atoms with Crippen molar-refractivity contribution in [2.24, 2.45) is 11.7 Å². The number of sulfonamides is 1. The first-order chi connectivity index (χ1) is 18.5. The molecule has 0 radical (unpaired) electrons. The van der Waals surface area contributed by atoms with Crippen LogP contribution in [0.3, 0.4) is 0 Å². The molecule has 2 aliphatic heterocycles. The Balaban J connectivity index is 1.46. The number of nitrogens with two attached hydrogens (primary N) is 1. The Hall–Kier alpha value is -2.79. The van der Waals surface area contributed by atoms with Gasteiger partial charge in [-0.25, -0.2) is 12.7 Å². The Morgan fingerprint density at radius 1 is 1.13 bits per heavy atom. The van der Waals surface area contributed by atoms with Gasteiger partial charge in [0.15, 0.2) is 0 Å². The fraction of sp³-hybridized carbons (Fsp3) is 0.448. The molecular weight excluding hydrogens is 530 g/mol. The number of fused-ring (bicyclic) bond motifs is 1. The molecule has 3 heterocycles. The number of amides is 1. The maximum atomic E-state index is 12.7. The maximum Gasteiger partial charge on any atom is 0.225 e. The maximum absolute atomic E-state index is 12.7. The van der Waals surface area contributed by atoms with Gasteiger partial charge in [-0.05, 0) is 57.0 Å². The van der Waals surface area contributed by atoms with E-state index in [2.05, 4.69) is 45.2 Å². The molecule has 0 unspecified atom stereocenters. The van der Waals surface area contributed by atoms with E-state index in [1.165, 1.54) is 0 Å². The average molecular weight is 568 g/mol. The lowest BCUT2D eigenvalue weighted by Crippen LogP contribution is -2.51. The standard InChI is InChI=1S/C29H37N5O3S2/c1-19(2)39(36,37)33-11-9-24(10-12-33)34-18-26(21-5-4-6-22(14-21)28(30)38)25-8-7-20(13-27(25)34)15-31-29(35)23-16-32(3)17-23/h4-8,13-14,18-19,23-24H,9-12,15-17H2,1-3H3,(H2,30,38)(H,31,35). The van der Waals surface area contributed by atoms with Gasteiger partial charge in [-0.2, -0.15) is 0 Å². The number of piperidine rings is 1. The highest BCUT2D eigenvalue weighted by Gasteiger charge is 2.32. The van der Waals surface area contributed by atoms with Gasteiger partial charge >= 0.3 is 0 Å². The highest BCUT2D eigenvalue weighted by molar-refractivity contribution is 7.89. The highest BCUT2D eigenvalue weighted by Crippen LogP contribution is 2.37. The average Bonchev–Trinajstić information content (AvgIpc) is 3.29. The minimum absolute atomic E-state index is 0.0578. The molecule has 2 saturated heterocycles. The van der Waals surface area contributed by atoms with Crippen molar-refractivity contribution in [1.82, 2.24) is 19.1 Å². The first kappa shape index (κ1) is 27.8. The van der Waals surface area contributed by atoms with Crippen LogP contribution in [0.25, 0.3) is 22.0 Å². The predicted octanol–water partition coefficient (Wildman–Crippen LogP) is 3.50. The Morgan fingerprint density at radius 2 is 1.85 bits per heavy atom. The second kappa shape index (κ2) is 11.0. The Morgan fingerprint density at radius 3 is 2.49 bits per heavy atom. The Kier molecular flexibility index (Phi) is 7.83. The molecule has 0 atom stereocenters. The summed E-state index contributed by atoms with van der Waals surface area (Å²) in [6.07, 6.45) is 3.64. The smallest absolute Gasteiger partial charge is 0.225 e. The van der Waals surface area contributed by atoms with Crippen molar-refractivity contribution in [2.45, 2.75) is 44.5 Å². The third-order valence-electron chi connectivity index (χ3n) is 8.03. The third-order valence-corrected chi connectivity index (χ3v) is 10.5. The highest BCUT2D eigenvalue weighted by atomic mass is 32.2. The van der Waals surface area contributed by atoms with Gasteiger partial charge in [-0.3, -0.25) is 4.79 Å². The number of hydrogen-bond acceptors (Lipinski definition) is 5. The summed E-state index contributed by atoms with van der Waals surface area (Å²) in [6.45, 7) is 6.54. The second-order valence-electron chi connectivity index (χ2n) is 11.1. The second-order valence-corrected chi connectivity index (χ2v) is 14.0.